The number of thioether (sulfide) groups is 1. The van der Waals surface area contributed by atoms with E-state index in [0.717, 1.165) is 22.4 Å². The van der Waals surface area contributed by atoms with Crippen LogP contribution in [0.1, 0.15) is 11.1 Å². The van der Waals surface area contributed by atoms with E-state index in [9.17, 15) is 4.79 Å². The van der Waals surface area contributed by atoms with Gasteiger partial charge in [0, 0.05) is 10.6 Å². The number of halogens is 1. The smallest absolute Gasteiger partial charge is 0.257 e. The molecule has 0 aliphatic rings. The number of hydrazone groups is 1. The highest BCUT2D eigenvalue weighted by molar-refractivity contribution is 7.99. The minimum absolute atomic E-state index is 0.152. The molecule has 1 N–H and O–H groups in total. The number of para-hydroxylation sites is 2. The number of fused-ring (bicyclic) bond motifs is 1. The zero-order valence-electron chi connectivity index (χ0n) is 16.3. The molecule has 0 saturated carbocycles. The highest BCUT2D eigenvalue weighted by atomic mass is 35.5. The van der Waals surface area contributed by atoms with E-state index in [2.05, 4.69) is 15.5 Å². The Kier molecular flexibility index (Phi) is 6.86. The number of hydrogen-bond acceptors (Lipinski definition) is 6. The monoisotopic (exact) mass is 451 g/mol. The van der Waals surface area contributed by atoms with Crippen molar-refractivity contribution < 1.29 is 13.9 Å². The zero-order valence-corrected chi connectivity index (χ0v) is 17.9. The largest absolute Gasteiger partial charge is 0.489 e. The number of oxazole rings is 1. The van der Waals surface area contributed by atoms with Gasteiger partial charge in [-0.3, -0.25) is 4.79 Å². The van der Waals surface area contributed by atoms with Gasteiger partial charge in [0.1, 0.15) is 17.9 Å². The van der Waals surface area contributed by atoms with Gasteiger partial charge in [0.25, 0.3) is 11.1 Å². The first kappa shape index (κ1) is 21.0. The maximum Gasteiger partial charge on any atom is 0.257 e. The SMILES string of the molecule is O=C(CSc1nc2ccccc2o1)N/N=C\c1ccc(OCc2ccccc2Cl)cc1. The van der Waals surface area contributed by atoms with Crippen LogP contribution in [0.4, 0.5) is 0 Å². The van der Waals surface area contributed by atoms with Crippen LogP contribution in [-0.4, -0.2) is 22.9 Å². The van der Waals surface area contributed by atoms with Gasteiger partial charge in [-0.15, -0.1) is 0 Å². The maximum atomic E-state index is 12.0. The number of rotatable bonds is 8. The summed E-state index contributed by atoms with van der Waals surface area (Å²) in [5, 5.41) is 5.11. The highest BCUT2D eigenvalue weighted by Crippen LogP contribution is 2.23. The van der Waals surface area contributed by atoms with E-state index >= 15 is 0 Å². The van der Waals surface area contributed by atoms with Gasteiger partial charge in [-0.05, 0) is 48.0 Å². The lowest BCUT2D eigenvalue weighted by molar-refractivity contribution is -0.118. The summed E-state index contributed by atoms with van der Waals surface area (Å²) in [6.45, 7) is 0.390. The van der Waals surface area contributed by atoms with E-state index in [0.29, 0.717) is 22.4 Å². The number of nitrogens with one attached hydrogen (secondary N) is 1. The van der Waals surface area contributed by atoms with Crippen molar-refractivity contribution in [2.45, 2.75) is 11.8 Å². The Hall–Kier alpha value is -3.29. The van der Waals surface area contributed by atoms with Crippen molar-refractivity contribution in [2.75, 3.05) is 5.75 Å². The fraction of sp³-hybridized carbons (Fsp3) is 0.0870. The summed E-state index contributed by atoms with van der Waals surface area (Å²) in [6, 6.07) is 22.4. The second kappa shape index (κ2) is 10.1. The lowest BCUT2D eigenvalue weighted by Gasteiger charge is -2.07. The number of amides is 1. The predicted molar refractivity (Wildman–Crippen MR) is 123 cm³/mol. The molecule has 1 aromatic heterocycles. The van der Waals surface area contributed by atoms with Crippen LogP contribution in [0.25, 0.3) is 11.1 Å². The molecule has 31 heavy (non-hydrogen) atoms. The molecule has 0 unspecified atom stereocenters. The Labute approximate surface area is 188 Å². The number of nitrogens with zero attached hydrogens (tertiary/aromatic N) is 2. The molecule has 0 saturated heterocycles. The number of carbonyl (C=O) groups is 1. The summed E-state index contributed by atoms with van der Waals surface area (Å²) >= 11 is 7.35. The number of ether oxygens (including phenoxy) is 1. The molecule has 0 aliphatic heterocycles. The Morgan fingerprint density at radius 2 is 1.87 bits per heavy atom. The number of aromatic nitrogens is 1. The van der Waals surface area contributed by atoms with Crippen LogP contribution in [0.15, 0.2) is 87.5 Å². The van der Waals surface area contributed by atoms with Crippen molar-refractivity contribution in [1.82, 2.24) is 10.4 Å². The average molecular weight is 452 g/mol. The third-order valence-corrected chi connectivity index (χ3v) is 5.43. The highest BCUT2D eigenvalue weighted by Gasteiger charge is 2.08. The molecule has 6 nitrogen and oxygen atoms in total. The van der Waals surface area contributed by atoms with Crippen molar-refractivity contribution in [3.8, 4) is 5.75 Å². The second-order valence-corrected chi connectivity index (χ2v) is 7.81. The van der Waals surface area contributed by atoms with Crippen LogP contribution in [0.2, 0.25) is 5.02 Å². The Balaban J connectivity index is 1.22. The van der Waals surface area contributed by atoms with Gasteiger partial charge in [-0.2, -0.15) is 5.10 Å². The van der Waals surface area contributed by atoms with Crippen LogP contribution in [0.5, 0.6) is 5.75 Å². The normalized spacial score (nSPS) is 11.1. The minimum atomic E-state index is -0.247. The van der Waals surface area contributed by atoms with Gasteiger partial charge in [-0.25, -0.2) is 10.4 Å². The number of hydrogen-bond donors (Lipinski definition) is 1. The van der Waals surface area contributed by atoms with E-state index < -0.39 is 0 Å². The standard InChI is InChI=1S/C23H18ClN3O3S/c24-19-6-2-1-5-17(19)14-29-18-11-9-16(10-12-18)13-25-27-22(28)15-31-23-26-20-7-3-4-8-21(20)30-23/h1-13H,14-15H2,(H,27,28)/b25-13-. The molecule has 4 rings (SSSR count). The molecule has 0 aliphatic carbocycles. The second-order valence-electron chi connectivity index (χ2n) is 6.48. The van der Waals surface area contributed by atoms with Gasteiger partial charge in [0.15, 0.2) is 5.58 Å². The van der Waals surface area contributed by atoms with Crippen molar-refractivity contribution in [3.05, 3.63) is 88.9 Å². The molecule has 0 radical (unpaired) electrons. The van der Waals surface area contributed by atoms with Crippen LogP contribution in [-0.2, 0) is 11.4 Å². The molecule has 0 spiro atoms. The number of benzene rings is 3. The molecule has 0 bridgehead atoms. The Morgan fingerprint density at radius 1 is 1.10 bits per heavy atom. The van der Waals surface area contributed by atoms with Crippen LogP contribution in [0, 0.1) is 0 Å². The third-order valence-electron chi connectivity index (χ3n) is 4.24. The summed E-state index contributed by atoms with van der Waals surface area (Å²) in [5.41, 5.74) is 5.72. The van der Waals surface area contributed by atoms with Gasteiger partial charge in [0.05, 0.1) is 12.0 Å². The van der Waals surface area contributed by atoms with Crippen molar-refractivity contribution in [2.24, 2.45) is 5.10 Å². The molecular formula is C23H18ClN3O3S. The van der Waals surface area contributed by atoms with Gasteiger partial charge >= 0.3 is 0 Å². The first-order valence-electron chi connectivity index (χ1n) is 9.44. The molecule has 8 heteroatoms. The van der Waals surface area contributed by atoms with Crippen LogP contribution >= 0.6 is 23.4 Å². The molecule has 156 valence electrons. The topological polar surface area (TPSA) is 76.7 Å². The van der Waals surface area contributed by atoms with Gasteiger partial charge < -0.3 is 9.15 Å². The average Bonchev–Trinajstić information content (AvgIpc) is 3.21. The summed E-state index contributed by atoms with van der Waals surface area (Å²) in [6.07, 6.45) is 1.57. The Bertz CT molecular complexity index is 1180. The van der Waals surface area contributed by atoms with E-state index in [1.807, 2.05) is 72.8 Å². The fourth-order valence-electron chi connectivity index (χ4n) is 2.68. The zero-order chi connectivity index (χ0) is 21.5. The van der Waals surface area contributed by atoms with Crippen LogP contribution < -0.4 is 10.2 Å². The van der Waals surface area contributed by atoms with E-state index in [4.69, 9.17) is 20.8 Å². The van der Waals surface area contributed by atoms with Gasteiger partial charge in [0.2, 0.25) is 0 Å². The molecule has 3 aromatic carbocycles. The Morgan fingerprint density at radius 3 is 2.68 bits per heavy atom. The van der Waals surface area contributed by atoms with Gasteiger partial charge in [-0.1, -0.05) is 53.7 Å². The molecule has 1 amide bonds. The minimum Gasteiger partial charge on any atom is -0.489 e. The summed E-state index contributed by atoms with van der Waals surface area (Å²) in [5.74, 6) is 0.623. The first-order chi connectivity index (χ1) is 15.2. The predicted octanol–water partition coefficient (Wildman–Crippen LogP) is 5.30. The quantitative estimate of drug-likeness (QED) is 0.223. The van der Waals surface area contributed by atoms with Crippen LogP contribution in [0.3, 0.4) is 0 Å². The van der Waals surface area contributed by atoms with Crippen molar-refractivity contribution >= 4 is 46.6 Å². The van der Waals surface area contributed by atoms with Crippen molar-refractivity contribution in [1.29, 1.82) is 0 Å². The summed E-state index contributed by atoms with van der Waals surface area (Å²) in [7, 11) is 0. The fourth-order valence-corrected chi connectivity index (χ4v) is 3.50. The lowest BCUT2D eigenvalue weighted by atomic mass is 10.2. The van der Waals surface area contributed by atoms with E-state index in [1.165, 1.54) is 11.8 Å². The maximum absolute atomic E-state index is 12.0. The third kappa shape index (κ3) is 5.87. The van der Waals surface area contributed by atoms with Crippen molar-refractivity contribution in [3.63, 3.8) is 0 Å². The molecule has 4 aromatic rings. The van der Waals surface area contributed by atoms with E-state index in [1.54, 1.807) is 6.21 Å². The number of carbonyl (C=O) groups excluding carboxylic acids is 1. The molecule has 0 fully saturated rings. The molecular weight excluding hydrogens is 434 g/mol. The lowest BCUT2D eigenvalue weighted by Crippen LogP contribution is -2.19. The summed E-state index contributed by atoms with van der Waals surface area (Å²) < 4.78 is 11.3. The first-order valence-corrected chi connectivity index (χ1v) is 10.8. The molecule has 0 atom stereocenters. The molecule has 1 heterocycles. The van der Waals surface area contributed by atoms with E-state index in [-0.39, 0.29) is 11.7 Å². The summed E-state index contributed by atoms with van der Waals surface area (Å²) in [4.78, 5) is 16.3.